The Morgan fingerprint density at radius 3 is 2.50 bits per heavy atom. The van der Waals surface area contributed by atoms with E-state index in [1.54, 1.807) is 41.3 Å². The summed E-state index contributed by atoms with van der Waals surface area (Å²) in [6.45, 7) is 2.32. The van der Waals surface area contributed by atoms with Crippen molar-refractivity contribution in [3.8, 4) is 0 Å². The number of carbonyl (C=O) groups excluding carboxylic acids is 2. The predicted octanol–water partition coefficient (Wildman–Crippen LogP) is 3.40. The van der Waals surface area contributed by atoms with Gasteiger partial charge >= 0.3 is 0 Å². The highest BCUT2D eigenvalue weighted by atomic mass is 16.3. The van der Waals surface area contributed by atoms with Crippen molar-refractivity contribution in [1.82, 2.24) is 4.98 Å². The number of nitrogens with zero attached hydrogens (tertiary/aromatic N) is 2. The highest BCUT2D eigenvalue weighted by Crippen LogP contribution is 2.43. The number of aliphatic hydroxyl groups is 1. The Morgan fingerprint density at radius 1 is 1.04 bits per heavy atom. The first-order valence-electron chi connectivity index (χ1n) is 9.13. The molecule has 0 spiro atoms. The zero-order valence-corrected chi connectivity index (χ0v) is 15.5. The van der Waals surface area contributed by atoms with Crippen LogP contribution in [0.4, 0.5) is 5.69 Å². The van der Waals surface area contributed by atoms with Crippen LogP contribution in [0.3, 0.4) is 0 Å². The van der Waals surface area contributed by atoms with Crippen LogP contribution in [0.25, 0.3) is 0 Å². The Kier molecular flexibility index (Phi) is 4.53. The van der Waals surface area contributed by atoms with Gasteiger partial charge in [0.1, 0.15) is 5.69 Å². The van der Waals surface area contributed by atoms with Gasteiger partial charge < -0.3 is 10.0 Å². The fourth-order valence-corrected chi connectivity index (χ4v) is 3.64. The van der Waals surface area contributed by atoms with Crippen LogP contribution in [0.2, 0.25) is 0 Å². The SMILES string of the molecule is Cc1ccccc1CN1C(=O)[C@@](O)(CC(=O)c2ccccn2)c2ccccc21. The molecule has 4 rings (SSSR count). The van der Waals surface area contributed by atoms with Crippen molar-refractivity contribution >= 4 is 17.4 Å². The molecular weight excluding hydrogens is 352 g/mol. The fraction of sp³-hybridized carbons (Fsp3) is 0.174. The van der Waals surface area contributed by atoms with Crippen LogP contribution in [-0.2, 0) is 16.9 Å². The minimum absolute atomic E-state index is 0.235. The van der Waals surface area contributed by atoms with E-state index in [0.717, 1.165) is 11.1 Å². The molecule has 0 unspecified atom stereocenters. The van der Waals surface area contributed by atoms with E-state index in [2.05, 4.69) is 4.98 Å². The van der Waals surface area contributed by atoms with Crippen LogP contribution in [0.1, 0.15) is 33.6 Å². The second-order valence-corrected chi connectivity index (χ2v) is 7.01. The standard InChI is InChI=1S/C23H20N2O3/c1-16-8-2-3-9-17(16)15-25-20-12-5-4-10-18(20)23(28,22(25)27)14-21(26)19-11-6-7-13-24-19/h2-13,28H,14-15H2,1H3/t23-/m1/s1. The molecule has 0 radical (unpaired) electrons. The largest absolute Gasteiger partial charge is 0.375 e. The topological polar surface area (TPSA) is 70.5 Å². The number of Topliss-reactive ketones (excluding diaryl/α,β-unsaturated/α-hetero) is 1. The van der Waals surface area contributed by atoms with E-state index in [9.17, 15) is 14.7 Å². The third-order valence-electron chi connectivity index (χ3n) is 5.20. The summed E-state index contributed by atoms with van der Waals surface area (Å²) in [5, 5.41) is 11.3. The third kappa shape index (κ3) is 3.00. The molecule has 2 heterocycles. The number of para-hydroxylation sites is 1. The zero-order chi connectivity index (χ0) is 19.7. The molecule has 2 aromatic carbocycles. The van der Waals surface area contributed by atoms with Crippen molar-refractivity contribution in [2.45, 2.75) is 25.5 Å². The van der Waals surface area contributed by atoms with Gasteiger partial charge in [-0.3, -0.25) is 14.6 Å². The van der Waals surface area contributed by atoms with E-state index in [0.29, 0.717) is 17.8 Å². The Balaban J connectivity index is 1.70. The molecule has 1 aliphatic heterocycles. The molecule has 1 aromatic heterocycles. The van der Waals surface area contributed by atoms with Gasteiger partial charge in [-0.05, 0) is 36.2 Å². The third-order valence-corrected chi connectivity index (χ3v) is 5.20. The number of aromatic nitrogens is 1. The molecule has 5 nitrogen and oxygen atoms in total. The van der Waals surface area contributed by atoms with Crippen LogP contribution < -0.4 is 4.90 Å². The Hall–Kier alpha value is -3.31. The van der Waals surface area contributed by atoms with Crippen molar-refractivity contribution in [3.05, 3.63) is 95.3 Å². The number of hydrogen-bond donors (Lipinski definition) is 1. The predicted molar refractivity (Wildman–Crippen MR) is 106 cm³/mol. The second-order valence-electron chi connectivity index (χ2n) is 7.01. The van der Waals surface area contributed by atoms with Crippen molar-refractivity contribution < 1.29 is 14.7 Å². The van der Waals surface area contributed by atoms with Gasteiger partial charge in [0, 0.05) is 11.8 Å². The molecule has 5 heteroatoms. The lowest BCUT2D eigenvalue weighted by Crippen LogP contribution is -2.41. The summed E-state index contributed by atoms with van der Waals surface area (Å²) < 4.78 is 0. The van der Waals surface area contributed by atoms with Crippen LogP contribution >= 0.6 is 0 Å². The van der Waals surface area contributed by atoms with Crippen molar-refractivity contribution in [2.24, 2.45) is 0 Å². The second kappa shape index (κ2) is 7.02. The van der Waals surface area contributed by atoms with Gasteiger partial charge in [0.15, 0.2) is 11.4 Å². The van der Waals surface area contributed by atoms with E-state index in [4.69, 9.17) is 0 Å². The molecule has 1 amide bonds. The number of amides is 1. The monoisotopic (exact) mass is 372 g/mol. The molecule has 0 aliphatic carbocycles. The minimum Gasteiger partial charge on any atom is -0.375 e. The van der Waals surface area contributed by atoms with E-state index < -0.39 is 11.5 Å². The molecule has 140 valence electrons. The van der Waals surface area contributed by atoms with Gasteiger partial charge in [-0.1, -0.05) is 48.5 Å². The Labute approximate surface area is 163 Å². The van der Waals surface area contributed by atoms with Crippen LogP contribution in [0, 0.1) is 6.92 Å². The number of benzene rings is 2. The first kappa shape index (κ1) is 18.1. The number of aryl methyl sites for hydroxylation is 1. The maximum absolute atomic E-state index is 13.3. The maximum atomic E-state index is 13.3. The summed E-state index contributed by atoms with van der Waals surface area (Å²) in [6.07, 6.45) is 1.18. The molecule has 0 saturated carbocycles. The number of hydrogen-bond acceptors (Lipinski definition) is 4. The molecule has 28 heavy (non-hydrogen) atoms. The van der Waals surface area contributed by atoms with E-state index in [1.165, 1.54) is 6.20 Å². The number of ketones is 1. The molecule has 0 fully saturated rings. The van der Waals surface area contributed by atoms with Crippen molar-refractivity contribution in [3.63, 3.8) is 0 Å². The molecule has 0 bridgehead atoms. The van der Waals surface area contributed by atoms with Gasteiger partial charge in [-0.15, -0.1) is 0 Å². The first-order valence-corrected chi connectivity index (χ1v) is 9.13. The normalized spacial score (nSPS) is 18.2. The molecule has 1 N–H and O–H groups in total. The number of carbonyl (C=O) groups is 2. The number of fused-ring (bicyclic) bond motifs is 1. The summed E-state index contributed by atoms with van der Waals surface area (Å²) in [5.74, 6) is -0.856. The summed E-state index contributed by atoms with van der Waals surface area (Å²) in [4.78, 5) is 31.6. The maximum Gasteiger partial charge on any atom is 0.264 e. The number of rotatable bonds is 5. The van der Waals surface area contributed by atoms with Gasteiger partial charge in [0.25, 0.3) is 5.91 Å². The first-order chi connectivity index (χ1) is 13.5. The number of anilines is 1. The molecule has 1 atom stereocenters. The summed E-state index contributed by atoms with van der Waals surface area (Å²) in [6, 6.07) is 19.9. The van der Waals surface area contributed by atoms with Crippen molar-refractivity contribution in [2.75, 3.05) is 4.90 Å². The van der Waals surface area contributed by atoms with Crippen LogP contribution in [-0.4, -0.2) is 21.8 Å². The molecule has 1 aliphatic rings. The summed E-state index contributed by atoms with van der Waals surface area (Å²) >= 11 is 0. The quantitative estimate of drug-likeness (QED) is 0.697. The Bertz CT molecular complexity index is 1050. The average molecular weight is 372 g/mol. The van der Waals surface area contributed by atoms with E-state index in [1.807, 2.05) is 37.3 Å². The Morgan fingerprint density at radius 2 is 1.75 bits per heavy atom. The molecule has 3 aromatic rings. The van der Waals surface area contributed by atoms with Crippen LogP contribution in [0.5, 0.6) is 0 Å². The lowest BCUT2D eigenvalue weighted by Gasteiger charge is -2.23. The highest BCUT2D eigenvalue weighted by molar-refractivity contribution is 6.10. The lowest BCUT2D eigenvalue weighted by molar-refractivity contribution is -0.136. The highest BCUT2D eigenvalue weighted by Gasteiger charge is 2.50. The van der Waals surface area contributed by atoms with Gasteiger partial charge in [-0.25, -0.2) is 0 Å². The van der Waals surface area contributed by atoms with Crippen LogP contribution in [0.15, 0.2) is 72.9 Å². The number of pyridine rings is 1. The summed E-state index contributed by atoms with van der Waals surface area (Å²) in [7, 11) is 0. The van der Waals surface area contributed by atoms with Gasteiger partial charge in [0.05, 0.1) is 18.7 Å². The minimum atomic E-state index is -1.89. The zero-order valence-electron chi connectivity index (χ0n) is 15.5. The average Bonchev–Trinajstić information content (AvgIpc) is 2.92. The van der Waals surface area contributed by atoms with E-state index in [-0.39, 0.29) is 17.9 Å². The van der Waals surface area contributed by atoms with Gasteiger partial charge in [0.2, 0.25) is 0 Å². The molecule has 0 saturated heterocycles. The lowest BCUT2D eigenvalue weighted by atomic mass is 9.89. The summed E-state index contributed by atoms with van der Waals surface area (Å²) in [5.41, 5.74) is 1.48. The van der Waals surface area contributed by atoms with E-state index >= 15 is 0 Å². The molecular formula is C23H20N2O3. The smallest absolute Gasteiger partial charge is 0.264 e. The fourth-order valence-electron chi connectivity index (χ4n) is 3.64. The van der Waals surface area contributed by atoms with Gasteiger partial charge in [-0.2, -0.15) is 0 Å². The van der Waals surface area contributed by atoms with Crippen molar-refractivity contribution in [1.29, 1.82) is 0 Å².